The highest BCUT2D eigenvalue weighted by Crippen LogP contribution is 2.38. The van der Waals surface area contributed by atoms with Crippen LogP contribution in [0.1, 0.15) is 32.2 Å². The number of carbonyl (C=O) groups excluding carboxylic acids is 2. The number of fused-ring (bicyclic) bond motifs is 3. The first-order valence-corrected chi connectivity index (χ1v) is 8.33. The summed E-state index contributed by atoms with van der Waals surface area (Å²) in [5.41, 5.74) is 1.89. The van der Waals surface area contributed by atoms with Gasteiger partial charge in [0, 0.05) is 11.1 Å². The van der Waals surface area contributed by atoms with Crippen molar-refractivity contribution in [3.05, 3.63) is 95.6 Å². The van der Waals surface area contributed by atoms with E-state index in [9.17, 15) is 9.59 Å². The average Bonchev–Trinajstić information content (AvgIpc) is 2.90. The van der Waals surface area contributed by atoms with E-state index in [1.165, 1.54) is 0 Å². The number of ketones is 2. The minimum Gasteiger partial charge on any atom is -0.293 e. The summed E-state index contributed by atoms with van der Waals surface area (Å²) in [5.74, 6) is -0.929. The van der Waals surface area contributed by atoms with E-state index in [2.05, 4.69) is 0 Å². The predicted octanol–water partition coefficient (Wildman–Crippen LogP) is 5.16. The molecular formula is C23H14O2. The lowest BCUT2D eigenvalue weighted by Gasteiger charge is -2.11. The average molecular weight is 322 g/mol. The van der Waals surface area contributed by atoms with Gasteiger partial charge in [-0.05, 0) is 39.2 Å². The Kier molecular flexibility index (Phi) is 2.89. The molecule has 0 amide bonds. The quantitative estimate of drug-likeness (QED) is 0.454. The Hall–Kier alpha value is -3.26. The van der Waals surface area contributed by atoms with E-state index in [4.69, 9.17) is 0 Å². The van der Waals surface area contributed by atoms with Crippen molar-refractivity contribution >= 4 is 33.1 Å². The van der Waals surface area contributed by atoms with Crippen LogP contribution in [-0.2, 0) is 0 Å². The molecule has 0 N–H and O–H groups in total. The summed E-state index contributed by atoms with van der Waals surface area (Å²) in [5, 5.41) is 3.98. The molecule has 0 aliphatic heterocycles. The molecule has 4 aromatic rings. The van der Waals surface area contributed by atoms with E-state index in [-0.39, 0.29) is 11.6 Å². The first-order valence-electron chi connectivity index (χ1n) is 8.33. The van der Waals surface area contributed by atoms with Crippen LogP contribution in [0.4, 0.5) is 0 Å². The highest BCUT2D eigenvalue weighted by Gasteiger charge is 2.40. The van der Waals surface area contributed by atoms with Crippen molar-refractivity contribution in [3.63, 3.8) is 0 Å². The summed E-state index contributed by atoms with van der Waals surface area (Å²) in [4.78, 5) is 26.1. The third-order valence-corrected chi connectivity index (χ3v) is 5.08. The SMILES string of the molecule is O=C1c2cc3ccccc3cc2C(=O)C1c1cccc2ccccc12. The molecule has 0 unspecified atom stereocenters. The fourth-order valence-corrected chi connectivity index (χ4v) is 3.86. The number of rotatable bonds is 1. The van der Waals surface area contributed by atoms with Crippen LogP contribution in [0.3, 0.4) is 0 Å². The van der Waals surface area contributed by atoms with E-state index in [1.807, 2.05) is 78.9 Å². The zero-order valence-corrected chi connectivity index (χ0v) is 13.4. The Bertz CT molecular complexity index is 1130. The van der Waals surface area contributed by atoms with Gasteiger partial charge >= 0.3 is 0 Å². The zero-order chi connectivity index (χ0) is 17.0. The second-order valence-electron chi connectivity index (χ2n) is 6.47. The minimum atomic E-state index is -0.738. The van der Waals surface area contributed by atoms with Gasteiger partial charge < -0.3 is 0 Å². The molecule has 0 atom stereocenters. The van der Waals surface area contributed by atoms with Crippen LogP contribution < -0.4 is 0 Å². The van der Waals surface area contributed by atoms with Crippen molar-refractivity contribution < 1.29 is 9.59 Å². The maximum Gasteiger partial charge on any atom is 0.178 e. The summed E-state index contributed by atoms with van der Waals surface area (Å²) in [6.07, 6.45) is 0. The highest BCUT2D eigenvalue weighted by molar-refractivity contribution is 6.31. The summed E-state index contributed by atoms with van der Waals surface area (Å²) in [6.45, 7) is 0. The lowest BCUT2D eigenvalue weighted by molar-refractivity contribution is 0.0891. The van der Waals surface area contributed by atoms with Crippen LogP contribution in [0.25, 0.3) is 21.5 Å². The molecule has 0 aromatic heterocycles. The Morgan fingerprint density at radius 1 is 0.560 bits per heavy atom. The van der Waals surface area contributed by atoms with Gasteiger partial charge in [-0.25, -0.2) is 0 Å². The van der Waals surface area contributed by atoms with Gasteiger partial charge in [-0.1, -0.05) is 66.7 Å². The smallest absolute Gasteiger partial charge is 0.178 e. The Morgan fingerprint density at radius 3 is 1.72 bits per heavy atom. The van der Waals surface area contributed by atoms with E-state index < -0.39 is 5.92 Å². The molecule has 5 rings (SSSR count). The third kappa shape index (κ3) is 1.97. The molecule has 2 heteroatoms. The molecule has 0 heterocycles. The fraction of sp³-hybridized carbons (Fsp3) is 0.0435. The largest absolute Gasteiger partial charge is 0.293 e. The molecule has 4 aromatic carbocycles. The van der Waals surface area contributed by atoms with Crippen LogP contribution >= 0.6 is 0 Å². The zero-order valence-electron chi connectivity index (χ0n) is 13.4. The second-order valence-corrected chi connectivity index (χ2v) is 6.47. The van der Waals surface area contributed by atoms with Gasteiger partial charge in [0.05, 0.1) is 0 Å². The number of benzene rings is 4. The predicted molar refractivity (Wildman–Crippen MR) is 99.3 cm³/mol. The van der Waals surface area contributed by atoms with Crippen LogP contribution in [-0.4, -0.2) is 11.6 Å². The topological polar surface area (TPSA) is 34.1 Å². The van der Waals surface area contributed by atoms with Gasteiger partial charge in [0.2, 0.25) is 0 Å². The van der Waals surface area contributed by atoms with E-state index >= 15 is 0 Å². The standard InChI is InChI=1S/C23H14O2/c24-22-19-12-15-7-1-2-8-16(15)13-20(19)23(25)21(22)18-11-5-9-14-6-3-4-10-17(14)18/h1-13,21H. The molecule has 0 saturated carbocycles. The maximum absolute atomic E-state index is 13.1. The maximum atomic E-state index is 13.1. The minimum absolute atomic E-state index is 0.0953. The first-order chi connectivity index (χ1) is 12.2. The fourth-order valence-electron chi connectivity index (χ4n) is 3.86. The summed E-state index contributed by atoms with van der Waals surface area (Å²) in [6, 6.07) is 25.2. The van der Waals surface area contributed by atoms with Crippen LogP contribution in [0.5, 0.6) is 0 Å². The van der Waals surface area contributed by atoms with E-state index in [1.54, 1.807) is 0 Å². The van der Waals surface area contributed by atoms with Crippen molar-refractivity contribution in [1.29, 1.82) is 0 Å². The highest BCUT2D eigenvalue weighted by atomic mass is 16.2. The van der Waals surface area contributed by atoms with Crippen molar-refractivity contribution in [2.45, 2.75) is 5.92 Å². The lowest BCUT2D eigenvalue weighted by atomic mass is 9.90. The van der Waals surface area contributed by atoms with Crippen LogP contribution in [0.15, 0.2) is 78.9 Å². The van der Waals surface area contributed by atoms with Crippen LogP contribution in [0, 0.1) is 0 Å². The Labute approximate surface area is 144 Å². The lowest BCUT2D eigenvalue weighted by Crippen LogP contribution is -2.13. The van der Waals surface area contributed by atoms with Crippen molar-refractivity contribution in [1.82, 2.24) is 0 Å². The molecule has 0 fully saturated rings. The van der Waals surface area contributed by atoms with Crippen molar-refractivity contribution in [2.24, 2.45) is 0 Å². The second kappa shape index (κ2) is 5.12. The molecule has 0 radical (unpaired) electrons. The molecule has 118 valence electrons. The summed E-state index contributed by atoms with van der Waals surface area (Å²) >= 11 is 0. The van der Waals surface area contributed by atoms with Crippen LogP contribution in [0.2, 0.25) is 0 Å². The normalized spacial score (nSPS) is 14.4. The van der Waals surface area contributed by atoms with Gasteiger partial charge in [-0.15, -0.1) is 0 Å². The molecule has 0 saturated heterocycles. The molecular weight excluding hydrogens is 308 g/mol. The Morgan fingerprint density at radius 2 is 1.08 bits per heavy atom. The molecule has 25 heavy (non-hydrogen) atoms. The van der Waals surface area contributed by atoms with E-state index in [0.717, 1.165) is 27.1 Å². The molecule has 0 bridgehead atoms. The monoisotopic (exact) mass is 322 g/mol. The number of carbonyl (C=O) groups is 2. The van der Waals surface area contributed by atoms with Crippen molar-refractivity contribution in [3.8, 4) is 0 Å². The van der Waals surface area contributed by atoms with E-state index in [0.29, 0.717) is 11.1 Å². The third-order valence-electron chi connectivity index (χ3n) is 5.08. The van der Waals surface area contributed by atoms with Gasteiger partial charge in [0.1, 0.15) is 5.92 Å². The molecule has 0 spiro atoms. The van der Waals surface area contributed by atoms with Gasteiger partial charge in [0.15, 0.2) is 11.6 Å². The number of hydrogen-bond acceptors (Lipinski definition) is 2. The number of Topliss-reactive ketones (excluding diaryl/α,β-unsaturated/α-hetero) is 2. The summed E-state index contributed by atoms with van der Waals surface area (Å²) < 4.78 is 0. The van der Waals surface area contributed by atoms with Crippen molar-refractivity contribution in [2.75, 3.05) is 0 Å². The molecule has 1 aliphatic carbocycles. The first kappa shape index (κ1) is 14.1. The molecule has 1 aliphatic rings. The van der Waals surface area contributed by atoms with Gasteiger partial charge in [0.25, 0.3) is 0 Å². The number of hydrogen-bond donors (Lipinski definition) is 0. The molecule has 2 nitrogen and oxygen atoms in total. The Balaban J connectivity index is 1.74. The van der Waals surface area contributed by atoms with Gasteiger partial charge in [-0.2, -0.15) is 0 Å². The summed E-state index contributed by atoms with van der Waals surface area (Å²) in [7, 11) is 0. The van der Waals surface area contributed by atoms with Gasteiger partial charge in [-0.3, -0.25) is 9.59 Å².